The van der Waals surface area contributed by atoms with Crippen molar-refractivity contribution in [3.8, 4) is 0 Å². The van der Waals surface area contributed by atoms with Crippen molar-refractivity contribution in [1.29, 1.82) is 0 Å². The number of allylic oxidation sites excluding steroid dienone is 3. The molecule has 0 fully saturated rings. The minimum Gasteiger partial charge on any atom is -0.392 e. The third kappa shape index (κ3) is 17.5. The molecule has 0 saturated carbocycles. The first-order valence-corrected chi connectivity index (χ1v) is 16.2. The first-order valence-electron chi connectivity index (χ1n) is 16.2. The van der Waals surface area contributed by atoms with E-state index in [0.29, 0.717) is 0 Å². The molecule has 35 heavy (non-hydrogen) atoms. The Morgan fingerprint density at radius 1 is 0.429 bits per heavy atom. The summed E-state index contributed by atoms with van der Waals surface area (Å²) >= 11 is 0. The third-order valence-corrected chi connectivity index (χ3v) is 8.36. The largest absolute Gasteiger partial charge is 0.392 e. The zero-order chi connectivity index (χ0) is 25.4. The fourth-order valence-electron chi connectivity index (χ4n) is 5.83. The molecule has 0 aromatic carbocycles. The van der Waals surface area contributed by atoms with Gasteiger partial charge in [-0.25, -0.2) is 0 Å². The molecular weight excluding hydrogens is 424 g/mol. The van der Waals surface area contributed by atoms with Gasteiger partial charge < -0.3 is 5.11 Å². The van der Waals surface area contributed by atoms with Crippen LogP contribution in [0, 0.1) is 0 Å². The smallest absolute Gasteiger partial charge is 0.0647 e. The number of rotatable bonds is 25. The molecule has 0 radical (unpaired) electrons. The summed E-state index contributed by atoms with van der Waals surface area (Å²) in [5.74, 6) is 0. The maximum atomic E-state index is 9.82. The van der Waals surface area contributed by atoms with E-state index in [9.17, 15) is 5.11 Å². The lowest BCUT2D eigenvalue weighted by Crippen LogP contribution is -2.08. The van der Waals surface area contributed by atoms with Gasteiger partial charge in [-0.2, -0.15) is 0 Å². The van der Waals surface area contributed by atoms with Crippen LogP contribution in [-0.4, -0.2) is 11.7 Å². The van der Waals surface area contributed by atoms with Crippen molar-refractivity contribution in [3.63, 3.8) is 0 Å². The lowest BCUT2D eigenvalue weighted by atomic mass is 9.82. The van der Waals surface area contributed by atoms with Gasteiger partial charge in [-0.3, -0.25) is 0 Å². The monoisotopic (exact) mass is 488 g/mol. The van der Waals surface area contributed by atoms with Crippen LogP contribution in [0.3, 0.4) is 0 Å². The molecule has 0 bridgehead atoms. The number of unbranched alkanes of at least 4 members (excludes halogenated alkanes) is 20. The summed E-state index contributed by atoms with van der Waals surface area (Å²) < 4.78 is 0. The molecule has 0 aromatic heterocycles. The van der Waals surface area contributed by atoms with Gasteiger partial charge in [0.15, 0.2) is 0 Å². The SMILES string of the molecule is CCCCCCCCCCCCCC1=C(CCCCCCCCCCCCC)CC(CO)=C(C)C1. The standard InChI is InChI=1S/C34H64O/c1-4-6-8-10-12-14-16-18-20-22-24-26-32-28-31(3)34(30-35)29-33(32)27-25-23-21-19-17-15-13-11-9-7-5-2/h35H,4-30H2,1-3H3. The summed E-state index contributed by atoms with van der Waals surface area (Å²) in [5.41, 5.74) is 6.20. The fraction of sp³-hybridized carbons (Fsp3) is 0.882. The minimum atomic E-state index is 0.263. The average Bonchev–Trinajstić information content (AvgIpc) is 2.86. The predicted octanol–water partition coefficient (Wildman–Crippen LogP) is 11.8. The van der Waals surface area contributed by atoms with Crippen LogP contribution in [0.4, 0.5) is 0 Å². The normalized spacial score (nSPS) is 14.4. The van der Waals surface area contributed by atoms with Gasteiger partial charge in [-0.15, -0.1) is 0 Å². The van der Waals surface area contributed by atoms with Gasteiger partial charge >= 0.3 is 0 Å². The highest BCUT2D eigenvalue weighted by Crippen LogP contribution is 2.35. The Bertz CT molecular complexity index is 541. The summed E-state index contributed by atoms with van der Waals surface area (Å²) in [4.78, 5) is 0. The van der Waals surface area contributed by atoms with Gasteiger partial charge in [0.25, 0.3) is 0 Å². The van der Waals surface area contributed by atoms with Crippen LogP contribution in [0.25, 0.3) is 0 Å². The van der Waals surface area contributed by atoms with E-state index in [1.807, 2.05) is 0 Å². The molecule has 0 unspecified atom stereocenters. The molecule has 206 valence electrons. The Morgan fingerprint density at radius 2 is 0.743 bits per heavy atom. The van der Waals surface area contributed by atoms with Crippen molar-refractivity contribution in [2.45, 2.75) is 188 Å². The highest BCUT2D eigenvalue weighted by molar-refractivity contribution is 5.34. The predicted molar refractivity (Wildman–Crippen MR) is 158 cm³/mol. The van der Waals surface area contributed by atoms with E-state index >= 15 is 0 Å². The van der Waals surface area contributed by atoms with Crippen LogP contribution >= 0.6 is 0 Å². The summed E-state index contributed by atoms with van der Waals surface area (Å²) in [6, 6.07) is 0. The van der Waals surface area contributed by atoms with Crippen LogP contribution in [-0.2, 0) is 0 Å². The topological polar surface area (TPSA) is 20.2 Å². The van der Waals surface area contributed by atoms with Crippen molar-refractivity contribution in [2.24, 2.45) is 0 Å². The van der Waals surface area contributed by atoms with Crippen molar-refractivity contribution in [3.05, 3.63) is 22.3 Å². The maximum absolute atomic E-state index is 9.82. The Kier molecular flexibility index (Phi) is 22.1. The number of aliphatic hydroxyl groups is 1. The molecule has 0 saturated heterocycles. The van der Waals surface area contributed by atoms with Crippen LogP contribution < -0.4 is 0 Å². The van der Waals surface area contributed by atoms with Gasteiger partial charge in [-0.1, -0.05) is 159 Å². The lowest BCUT2D eigenvalue weighted by Gasteiger charge is -2.24. The van der Waals surface area contributed by atoms with Crippen molar-refractivity contribution in [2.75, 3.05) is 6.61 Å². The second-order valence-electron chi connectivity index (χ2n) is 11.7. The van der Waals surface area contributed by atoms with Crippen LogP contribution in [0.5, 0.6) is 0 Å². The van der Waals surface area contributed by atoms with E-state index in [1.54, 1.807) is 11.1 Å². The summed E-state index contributed by atoms with van der Waals surface area (Å²) in [7, 11) is 0. The number of aliphatic hydroxyl groups excluding tert-OH is 1. The second-order valence-corrected chi connectivity index (χ2v) is 11.7. The highest BCUT2D eigenvalue weighted by atomic mass is 16.3. The first-order chi connectivity index (χ1) is 17.2. The number of hydrogen-bond acceptors (Lipinski definition) is 1. The van der Waals surface area contributed by atoms with E-state index in [0.717, 1.165) is 12.8 Å². The van der Waals surface area contributed by atoms with E-state index < -0.39 is 0 Å². The quantitative estimate of drug-likeness (QED) is 0.1000. The molecule has 0 aliphatic heterocycles. The lowest BCUT2D eigenvalue weighted by molar-refractivity contribution is 0.325. The second kappa shape index (κ2) is 23.8. The number of hydrogen-bond donors (Lipinski definition) is 1. The van der Waals surface area contributed by atoms with Gasteiger partial charge in [0.2, 0.25) is 0 Å². The zero-order valence-electron chi connectivity index (χ0n) is 24.5. The molecule has 1 N–H and O–H groups in total. The van der Waals surface area contributed by atoms with Crippen LogP contribution in [0.15, 0.2) is 22.3 Å². The molecule has 0 atom stereocenters. The molecule has 1 heteroatoms. The molecule has 0 aromatic rings. The minimum absolute atomic E-state index is 0.263. The molecular formula is C34H64O. The van der Waals surface area contributed by atoms with E-state index in [2.05, 4.69) is 20.8 Å². The molecule has 0 heterocycles. The zero-order valence-corrected chi connectivity index (χ0v) is 24.5. The Morgan fingerprint density at radius 3 is 1.09 bits per heavy atom. The first kappa shape index (κ1) is 32.5. The molecule has 1 rings (SSSR count). The van der Waals surface area contributed by atoms with Gasteiger partial charge in [0.05, 0.1) is 6.61 Å². The maximum Gasteiger partial charge on any atom is 0.0647 e. The summed E-state index contributed by atoms with van der Waals surface area (Å²) in [6.45, 7) is 7.12. The fourth-order valence-corrected chi connectivity index (χ4v) is 5.83. The van der Waals surface area contributed by atoms with Crippen LogP contribution in [0.2, 0.25) is 0 Å². The Balaban J connectivity index is 2.19. The van der Waals surface area contributed by atoms with Crippen molar-refractivity contribution in [1.82, 2.24) is 0 Å². The van der Waals surface area contributed by atoms with Gasteiger partial charge in [-0.05, 0) is 51.0 Å². The Labute approximate surface area is 221 Å². The van der Waals surface area contributed by atoms with E-state index in [1.165, 1.54) is 165 Å². The van der Waals surface area contributed by atoms with Crippen molar-refractivity contribution < 1.29 is 5.11 Å². The summed E-state index contributed by atoms with van der Waals surface area (Å²) in [5, 5.41) is 9.82. The van der Waals surface area contributed by atoms with Gasteiger partial charge in [0, 0.05) is 0 Å². The van der Waals surface area contributed by atoms with Crippen molar-refractivity contribution >= 4 is 0 Å². The van der Waals surface area contributed by atoms with E-state index in [4.69, 9.17) is 0 Å². The molecule has 0 spiro atoms. The molecule has 1 nitrogen and oxygen atoms in total. The van der Waals surface area contributed by atoms with Gasteiger partial charge in [0.1, 0.15) is 0 Å². The average molecular weight is 489 g/mol. The molecule has 0 amide bonds. The third-order valence-electron chi connectivity index (χ3n) is 8.36. The summed E-state index contributed by atoms with van der Waals surface area (Å²) in [6.07, 6.45) is 36.0. The Hall–Kier alpha value is -0.560. The molecule has 1 aliphatic carbocycles. The van der Waals surface area contributed by atoms with Crippen LogP contribution in [0.1, 0.15) is 188 Å². The molecule has 1 aliphatic rings. The van der Waals surface area contributed by atoms with E-state index in [-0.39, 0.29) is 6.61 Å². The highest BCUT2D eigenvalue weighted by Gasteiger charge is 2.17.